The fourth-order valence-electron chi connectivity index (χ4n) is 3.92. The number of rotatable bonds is 11. The van der Waals surface area contributed by atoms with E-state index < -0.39 is 0 Å². The van der Waals surface area contributed by atoms with Crippen LogP contribution in [0.4, 0.5) is 23.0 Å². The number of nitrogens with zero attached hydrogens (tertiary/aromatic N) is 4. The van der Waals surface area contributed by atoms with Gasteiger partial charge in [-0.05, 0) is 38.4 Å². The molecule has 0 saturated heterocycles. The van der Waals surface area contributed by atoms with Crippen LogP contribution in [0.3, 0.4) is 0 Å². The zero-order chi connectivity index (χ0) is 25.7. The van der Waals surface area contributed by atoms with Gasteiger partial charge >= 0.3 is 0 Å². The number of allylic oxidation sites excluding steroid dienone is 1. The molecule has 0 radical (unpaired) electrons. The largest absolute Gasteiger partial charge is 0.494 e. The van der Waals surface area contributed by atoms with Gasteiger partial charge < -0.3 is 30.2 Å². The van der Waals surface area contributed by atoms with Crippen molar-refractivity contribution in [3.8, 4) is 17.0 Å². The zero-order valence-electron chi connectivity index (χ0n) is 21.3. The molecule has 0 atom stereocenters. The first-order chi connectivity index (χ1) is 17.4. The molecule has 4 rings (SSSR count). The van der Waals surface area contributed by atoms with E-state index in [4.69, 9.17) is 9.72 Å². The summed E-state index contributed by atoms with van der Waals surface area (Å²) >= 11 is 0. The van der Waals surface area contributed by atoms with Crippen LogP contribution in [0, 0.1) is 0 Å². The van der Waals surface area contributed by atoms with Crippen LogP contribution in [0.1, 0.15) is 0 Å². The van der Waals surface area contributed by atoms with Gasteiger partial charge in [0.25, 0.3) is 0 Å². The zero-order valence-corrected chi connectivity index (χ0v) is 21.3. The first kappa shape index (κ1) is 24.8. The van der Waals surface area contributed by atoms with Gasteiger partial charge in [0.05, 0.1) is 29.9 Å². The third-order valence-electron chi connectivity index (χ3n) is 5.92. The van der Waals surface area contributed by atoms with Gasteiger partial charge in [0.2, 0.25) is 5.95 Å². The molecule has 8 heteroatoms. The Labute approximate surface area is 212 Å². The number of ether oxygens (including phenoxy) is 1. The van der Waals surface area contributed by atoms with Crippen LogP contribution in [0.2, 0.25) is 0 Å². The summed E-state index contributed by atoms with van der Waals surface area (Å²) in [6.45, 7) is 9.61. The van der Waals surface area contributed by atoms with E-state index in [1.54, 1.807) is 19.4 Å². The Kier molecular flexibility index (Phi) is 7.56. The Hall–Kier alpha value is -4.30. The van der Waals surface area contributed by atoms with E-state index in [0.717, 1.165) is 52.3 Å². The molecule has 4 aromatic rings. The number of likely N-dealkylation sites (N-methyl/N-ethyl adjacent to an activating group) is 2. The van der Waals surface area contributed by atoms with Crippen LogP contribution in [-0.2, 0) is 0 Å². The number of fused-ring (bicyclic) bond motifs is 1. The monoisotopic (exact) mass is 483 g/mol. The van der Waals surface area contributed by atoms with Crippen molar-refractivity contribution in [3.63, 3.8) is 0 Å². The molecule has 2 aromatic carbocycles. The second-order valence-corrected chi connectivity index (χ2v) is 8.79. The van der Waals surface area contributed by atoms with Crippen LogP contribution < -0.4 is 20.3 Å². The van der Waals surface area contributed by atoms with Gasteiger partial charge in [-0.25, -0.2) is 9.97 Å². The maximum Gasteiger partial charge on any atom is 0.227 e. The minimum atomic E-state index is 0.471. The fraction of sp³-hybridized carbons (Fsp3) is 0.214. The molecule has 0 unspecified atom stereocenters. The van der Waals surface area contributed by atoms with Crippen molar-refractivity contribution in [1.82, 2.24) is 19.9 Å². The van der Waals surface area contributed by atoms with Crippen LogP contribution >= 0.6 is 0 Å². The molecular formula is C28H33N7O. The Morgan fingerprint density at radius 2 is 1.92 bits per heavy atom. The van der Waals surface area contributed by atoms with E-state index in [0.29, 0.717) is 17.4 Å². The summed E-state index contributed by atoms with van der Waals surface area (Å²) in [5, 5.41) is 7.80. The number of anilines is 4. The highest BCUT2D eigenvalue weighted by molar-refractivity contribution is 5.94. The van der Waals surface area contributed by atoms with E-state index in [2.05, 4.69) is 70.8 Å². The maximum atomic E-state index is 5.75. The Balaban J connectivity index is 1.69. The number of methoxy groups -OCH3 is 1. The molecule has 2 heterocycles. The topological polar surface area (TPSA) is 81.3 Å². The summed E-state index contributed by atoms with van der Waals surface area (Å²) in [6, 6.07) is 14.0. The predicted octanol–water partition coefficient (Wildman–Crippen LogP) is 5.49. The van der Waals surface area contributed by atoms with Crippen molar-refractivity contribution >= 4 is 33.9 Å². The second-order valence-electron chi connectivity index (χ2n) is 8.79. The lowest BCUT2D eigenvalue weighted by Gasteiger charge is -2.26. The average molecular weight is 484 g/mol. The van der Waals surface area contributed by atoms with Crippen LogP contribution in [0.15, 0.2) is 79.8 Å². The first-order valence-corrected chi connectivity index (χ1v) is 11.7. The molecule has 0 aliphatic heterocycles. The standard InChI is InChI=1S/C28H33N7O/c1-7-19(2)31-24-16-25(27(36-6)17-26(24)35(5)15-14-34(3)4)33-28-29-13-12-23(32-28)21-18-30-22-11-9-8-10-20(21)22/h7-13,16-18,30-31H,1-2,14-15H2,3-6H3,(H,29,32,33). The van der Waals surface area contributed by atoms with Gasteiger partial charge in [-0.15, -0.1) is 0 Å². The van der Waals surface area contributed by atoms with Gasteiger partial charge in [0.1, 0.15) is 5.75 Å². The predicted molar refractivity (Wildman–Crippen MR) is 150 cm³/mol. The van der Waals surface area contributed by atoms with E-state index >= 15 is 0 Å². The van der Waals surface area contributed by atoms with Gasteiger partial charge in [0, 0.05) is 60.8 Å². The molecule has 2 aromatic heterocycles. The summed E-state index contributed by atoms with van der Waals surface area (Å²) in [5.74, 6) is 1.15. The maximum absolute atomic E-state index is 5.75. The molecule has 0 spiro atoms. The summed E-state index contributed by atoms with van der Waals surface area (Å²) < 4.78 is 5.75. The van der Waals surface area contributed by atoms with Crippen LogP contribution in [0.25, 0.3) is 22.2 Å². The highest BCUT2D eigenvalue weighted by Crippen LogP contribution is 2.38. The normalized spacial score (nSPS) is 10.9. The number of aromatic amines is 1. The minimum Gasteiger partial charge on any atom is -0.494 e. The highest BCUT2D eigenvalue weighted by atomic mass is 16.5. The Morgan fingerprint density at radius 3 is 2.67 bits per heavy atom. The molecule has 0 bridgehead atoms. The van der Waals surface area contributed by atoms with E-state index in [9.17, 15) is 0 Å². The van der Waals surface area contributed by atoms with Gasteiger partial charge in [-0.2, -0.15) is 0 Å². The van der Waals surface area contributed by atoms with Gasteiger partial charge in [-0.3, -0.25) is 0 Å². The lowest BCUT2D eigenvalue weighted by Crippen LogP contribution is -2.29. The Bertz CT molecular complexity index is 1380. The number of hydrogen-bond donors (Lipinski definition) is 3. The third kappa shape index (κ3) is 5.50. The van der Waals surface area contributed by atoms with Crippen molar-refractivity contribution in [3.05, 3.63) is 79.8 Å². The fourth-order valence-corrected chi connectivity index (χ4v) is 3.92. The molecular weight excluding hydrogens is 450 g/mol. The quantitative estimate of drug-likeness (QED) is 0.244. The molecule has 36 heavy (non-hydrogen) atoms. The summed E-state index contributed by atoms with van der Waals surface area (Å²) in [4.78, 5) is 16.9. The third-order valence-corrected chi connectivity index (χ3v) is 5.92. The molecule has 0 aliphatic rings. The summed E-state index contributed by atoms with van der Waals surface area (Å²) in [7, 11) is 7.83. The van der Waals surface area contributed by atoms with E-state index in [1.807, 2.05) is 42.6 Å². The van der Waals surface area contributed by atoms with Gasteiger partial charge in [0.15, 0.2) is 0 Å². The van der Waals surface area contributed by atoms with Gasteiger partial charge in [-0.1, -0.05) is 31.4 Å². The minimum absolute atomic E-state index is 0.471. The Morgan fingerprint density at radius 1 is 1.11 bits per heavy atom. The number of benzene rings is 2. The smallest absolute Gasteiger partial charge is 0.227 e. The number of hydrogen-bond acceptors (Lipinski definition) is 7. The lowest BCUT2D eigenvalue weighted by atomic mass is 10.1. The molecule has 3 N–H and O–H groups in total. The van der Waals surface area contributed by atoms with E-state index in [-0.39, 0.29) is 0 Å². The molecule has 0 aliphatic carbocycles. The number of para-hydroxylation sites is 1. The van der Waals surface area contributed by atoms with Crippen molar-refractivity contribution in [2.45, 2.75) is 0 Å². The van der Waals surface area contributed by atoms with Crippen molar-refractivity contribution in [1.29, 1.82) is 0 Å². The first-order valence-electron chi connectivity index (χ1n) is 11.7. The number of nitrogens with one attached hydrogen (secondary N) is 3. The lowest BCUT2D eigenvalue weighted by molar-refractivity contribution is 0.413. The molecule has 8 nitrogen and oxygen atoms in total. The van der Waals surface area contributed by atoms with Crippen LogP contribution in [0.5, 0.6) is 5.75 Å². The summed E-state index contributed by atoms with van der Waals surface area (Å²) in [5.41, 5.74) is 6.19. The second kappa shape index (κ2) is 11.0. The summed E-state index contributed by atoms with van der Waals surface area (Å²) in [6.07, 6.45) is 5.41. The number of aromatic nitrogens is 3. The molecule has 0 fully saturated rings. The number of H-pyrrole nitrogens is 1. The highest BCUT2D eigenvalue weighted by Gasteiger charge is 2.16. The molecule has 186 valence electrons. The van der Waals surface area contributed by atoms with Crippen molar-refractivity contribution in [2.75, 3.05) is 56.9 Å². The average Bonchev–Trinajstić information content (AvgIpc) is 3.32. The molecule has 0 amide bonds. The van der Waals surface area contributed by atoms with Crippen LogP contribution in [-0.4, -0.2) is 61.2 Å². The van der Waals surface area contributed by atoms with Crippen molar-refractivity contribution < 1.29 is 4.74 Å². The van der Waals surface area contributed by atoms with Crippen molar-refractivity contribution in [2.24, 2.45) is 0 Å². The van der Waals surface area contributed by atoms with E-state index in [1.165, 1.54) is 0 Å². The SMILES string of the molecule is C=CC(=C)Nc1cc(Nc2nccc(-c3c[nH]c4ccccc34)n2)c(OC)cc1N(C)CCN(C)C. The molecule has 0 saturated carbocycles.